The molecule has 1 heterocycles. The summed E-state index contributed by atoms with van der Waals surface area (Å²) >= 11 is 0. The monoisotopic (exact) mass is 248 g/mol. The summed E-state index contributed by atoms with van der Waals surface area (Å²) < 4.78 is 0. The zero-order chi connectivity index (χ0) is 13.0. The zero-order valence-electron chi connectivity index (χ0n) is 11.5. The van der Waals surface area contributed by atoms with Gasteiger partial charge in [-0.15, -0.1) is 0 Å². The lowest BCUT2D eigenvalue weighted by molar-refractivity contribution is 0.0964. The average molecular weight is 248 g/mol. The van der Waals surface area contributed by atoms with Gasteiger partial charge in [-0.3, -0.25) is 4.90 Å². The fourth-order valence-corrected chi connectivity index (χ4v) is 2.98. The highest BCUT2D eigenvalue weighted by Crippen LogP contribution is 2.31. The van der Waals surface area contributed by atoms with Crippen LogP contribution < -0.4 is 0 Å². The van der Waals surface area contributed by atoms with Gasteiger partial charge in [0.05, 0.1) is 6.61 Å². The Morgan fingerprint density at radius 2 is 2.00 bits per heavy atom. The summed E-state index contributed by atoms with van der Waals surface area (Å²) in [4.78, 5) is 4.64. The fraction of sp³-hybridized carbons (Fsp3) is 0.600. The Morgan fingerprint density at radius 3 is 2.61 bits per heavy atom. The molecular formula is C15H24N2O. The zero-order valence-corrected chi connectivity index (χ0v) is 11.5. The molecule has 1 aliphatic heterocycles. The molecule has 0 saturated carbocycles. The minimum Gasteiger partial charge on any atom is -0.396 e. The van der Waals surface area contributed by atoms with Crippen molar-refractivity contribution in [2.24, 2.45) is 5.41 Å². The largest absolute Gasteiger partial charge is 0.396 e. The van der Waals surface area contributed by atoms with Crippen molar-refractivity contribution >= 4 is 0 Å². The Morgan fingerprint density at radius 1 is 1.28 bits per heavy atom. The molecular weight excluding hydrogens is 224 g/mol. The Balaban J connectivity index is 1.94. The predicted molar refractivity (Wildman–Crippen MR) is 74.4 cm³/mol. The fourth-order valence-electron chi connectivity index (χ4n) is 2.98. The van der Waals surface area contributed by atoms with Crippen LogP contribution in [0.2, 0.25) is 0 Å². The van der Waals surface area contributed by atoms with E-state index < -0.39 is 0 Å². The molecule has 1 unspecified atom stereocenters. The first kappa shape index (κ1) is 13.5. The standard InChI is InChI=1S/C15H24N2O/c1-16(2)11-15(13-18)8-9-17(12-15)10-14-6-4-3-5-7-14/h3-7,18H,8-13H2,1-2H3. The molecule has 0 radical (unpaired) electrons. The Labute approximate surface area is 110 Å². The normalized spacial score (nSPS) is 24.9. The second kappa shape index (κ2) is 5.83. The third kappa shape index (κ3) is 3.31. The molecule has 1 saturated heterocycles. The van der Waals surface area contributed by atoms with Crippen LogP contribution in [0, 0.1) is 5.41 Å². The molecule has 1 fully saturated rings. The van der Waals surface area contributed by atoms with E-state index in [-0.39, 0.29) is 12.0 Å². The molecule has 0 bridgehead atoms. The van der Waals surface area contributed by atoms with Crippen molar-refractivity contribution in [2.75, 3.05) is 40.3 Å². The maximum atomic E-state index is 9.70. The second-order valence-corrected chi connectivity index (χ2v) is 5.84. The smallest absolute Gasteiger partial charge is 0.0512 e. The van der Waals surface area contributed by atoms with E-state index in [0.717, 1.165) is 32.6 Å². The van der Waals surface area contributed by atoms with E-state index in [2.05, 4.69) is 54.2 Å². The van der Waals surface area contributed by atoms with E-state index in [0.29, 0.717) is 0 Å². The first-order valence-electron chi connectivity index (χ1n) is 6.65. The van der Waals surface area contributed by atoms with Gasteiger partial charge in [0.2, 0.25) is 0 Å². The summed E-state index contributed by atoms with van der Waals surface area (Å²) in [5, 5.41) is 9.70. The first-order valence-corrected chi connectivity index (χ1v) is 6.65. The van der Waals surface area contributed by atoms with E-state index in [1.165, 1.54) is 5.56 Å². The molecule has 3 heteroatoms. The number of aliphatic hydroxyl groups excluding tert-OH is 1. The minimum atomic E-state index is 0.0677. The van der Waals surface area contributed by atoms with Gasteiger partial charge in [-0.25, -0.2) is 0 Å². The van der Waals surface area contributed by atoms with E-state index in [1.807, 2.05) is 0 Å². The summed E-state index contributed by atoms with van der Waals surface area (Å²) in [5.41, 5.74) is 1.43. The quantitative estimate of drug-likeness (QED) is 0.854. The van der Waals surface area contributed by atoms with Crippen molar-refractivity contribution in [1.29, 1.82) is 0 Å². The third-order valence-corrected chi connectivity index (χ3v) is 3.75. The van der Waals surface area contributed by atoms with Crippen LogP contribution >= 0.6 is 0 Å². The highest BCUT2D eigenvalue weighted by atomic mass is 16.3. The van der Waals surface area contributed by atoms with E-state index in [1.54, 1.807) is 0 Å². The lowest BCUT2D eigenvalue weighted by Crippen LogP contribution is -2.39. The molecule has 18 heavy (non-hydrogen) atoms. The number of hydrogen-bond donors (Lipinski definition) is 1. The van der Waals surface area contributed by atoms with Gasteiger partial charge >= 0.3 is 0 Å². The van der Waals surface area contributed by atoms with Crippen molar-refractivity contribution in [3.63, 3.8) is 0 Å². The molecule has 0 spiro atoms. The van der Waals surface area contributed by atoms with Gasteiger partial charge in [-0.2, -0.15) is 0 Å². The summed E-state index contributed by atoms with van der Waals surface area (Å²) in [7, 11) is 4.16. The maximum absolute atomic E-state index is 9.70. The summed E-state index contributed by atoms with van der Waals surface area (Å²) in [6.45, 7) is 4.33. The molecule has 1 aromatic carbocycles. The predicted octanol–water partition coefficient (Wildman–Crippen LogP) is 1.43. The summed E-state index contributed by atoms with van der Waals surface area (Å²) in [6, 6.07) is 10.6. The highest BCUT2D eigenvalue weighted by molar-refractivity contribution is 5.14. The molecule has 2 rings (SSSR count). The van der Waals surface area contributed by atoms with Crippen LogP contribution in [-0.4, -0.2) is 55.2 Å². The van der Waals surface area contributed by atoms with Crippen LogP contribution in [0.5, 0.6) is 0 Å². The number of aliphatic hydroxyl groups is 1. The Hall–Kier alpha value is -0.900. The second-order valence-electron chi connectivity index (χ2n) is 5.84. The van der Waals surface area contributed by atoms with Crippen LogP contribution in [0.3, 0.4) is 0 Å². The van der Waals surface area contributed by atoms with Gasteiger partial charge in [0.25, 0.3) is 0 Å². The minimum absolute atomic E-state index is 0.0677. The van der Waals surface area contributed by atoms with Crippen LogP contribution in [-0.2, 0) is 6.54 Å². The lowest BCUT2D eigenvalue weighted by atomic mass is 9.88. The van der Waals surface area contributed by atoms with Crippen molar-refractivity contribution in [2.45, 2.75) is 13.0 Å². The number of hydrogen-bond acceptors (Lipinski definition) is 3. The molecule has 0 aliphatic carbocycles. The van der Waals surface area contributed by atoms with Crippen molar-refractivity contribution in [3.05, 3.63) is 35.9 Å². The van der Waals surface area contributed by atoms with Gasteiger partial charge in [0.1, 0.15) is 0 Å². The molecule has 1 N–H and O–H groups in total. The van der Waals surface area contributed by atoms with Gasteiger partial charge in [0, 0.05) is 25.0 Å². The SMILES string of the molecule is CN(C)CC1(CO)CCN(Cc2ccccc2)C1. The van der Waals surface area contributed by atoms with Crippen molar-refractivity contribution in [1.82, 2.24) is 9.80 Å². The molecule has 0 aromatic heterocycles. The van der Waals surface area contributed by atoms with Crippen LogP contribution in [0.4, 0.5) is 0 Å². The van der Waals surface area contributed by atoms with Crippen LogP contribution in [0.15, 0.2) is 30.3 Å². The number of likely N-dealkylation sites (tertiary alicyclic amines) is 1. The van der Waals surface area contributed by atoms with Crippen LogP contribution in [0.25, 0.3) is 0 Å². The van der Waals surface area contributed by atoms with Crippen molar-refractivity contribution < 1.29 is 5.11 Å². The van der Waals surface area contributed by atoms with E-state index in [4.69, 9.17) is 0 Å². The van der Waals surface area contributed by atoms with E-state index >= 15 is 0 Å². The lowest BCUT2D eigenvalue weighted by Gasteiger charge is -2.30. The van der Waals surface area contributed by atoms with E-state index in [9.17, 15) is 5.11 Å². The maximum Gasteiger partial charge on any atom is 0.0512 e. The number of benzene rings is 1. The molecule has 0 amide bonds. The van der Waals surface area contributed by atoms with Crippen molar-refractivity contribution in [3.8, 4) is 0 Å². The van der Waals surface area contributed by atoms with Gasteiger partial charge in [0.15, 0.2) is 0 Å². The average Bonchev–Trinajstić information content (AvgIpc) is 2.73. The molecule has 1 aromatic rings. The molecule has 100 valence electrons. The summed E-state index contributed by atoms with van der Waals surface area (Å²) in [5.74, 6) is 0. The van der Waals surface area contributed by atoms with Gasteiger partial charge < -0.3 is 10.0 Å². The highest BCUT2D eigenvalue weighted by Gasteiger charge is 2.37. The van der Waals surface area contributed by atoms with Crippen LogP contribution in [0.1, 0.15) is 12.0 Å². The molecule has 1 atom stereocenters. The topological polar surface area (TPSA) is 26.7 Å². The third-order valence-electron chi connectivity index (χ3n) is 3.75. The Kier molecular flexibility index (Phi) is 4.38. The summed E-state index contributed by atoms with van der Waals surface area (Å²) in [6.07, 6.45) is 1.09. The van der Waals surface area contributed by atoms with Gasteiger partial charge in [-0.1, -0.05) is 30.3 Å². The molecule has 3 nitrogen and oxygen atoms in total. The molecule has 1 aliphatic rings. The number of nitrogens with zero attached hydrogens (tertiary/aromatic N) is 2. The number of rotatable bonds is 5. The Bertz CT molecular complexity index is 366. The first-order chi connectivity index (χ1) is 8.63. The van der Waals surface area contributed by atoms with Gasteiger partial charge in [-0.05, 0) is 32.6 Å².